The van der Waals surface area contributed by atoms with Gasteiger partial charge in [-0.05, 0) is 26.8 Å². The van der Waals surface area contributed by atoms with Gasteiger partial charge in [0.05, 0.1) is 18.8 Å². The van der Waals surface area contributed by atoms with Crippen LogP contribution in [0.4, 0.5) is 0 Å². The van der Waals surface area contributed by atoms with Crippen molar-refractivity contribution in [1.29, 1.82) is 0 Å². The number of aliphatic hydroxyl groups is 1. The summed E-state index contributed by atoms with van der Waals surface area (Å²) in [7, 11) is 1.91. The second-order valence-electron chi connectivity index (χ2n) is 6.20. The molecule has 1 saturated carbocycles. The van der Waals surface area contributed by atoms with Crippen LogP contribution in [0.3, 0.4) is 0 Å². The molecule has 124 valence electrons. The zero-order chi connectivity index (χ0) is 16.4. The molecule has 2 N–H and O–H groups in total. The first-order chi connectivity index (χ1) is 11.1. The lowest BCUT2D eigenvalue weighted by molar-refractivity contribution is 0.265. The van der Waals surface area contributed by atoms with Gasteiger partial charge in [-0.2, -0.15) is 4.98 Å². The molecular formula is C16H22N4O3. The van der Waals surface area contributed by atoms with Crippen molar-refractivity contribution in [3.8, 4) is 5.75 Å². The molecule has 0 aromatic carbocycles. The smallest absolute Gasteiger partial charge is 0.229 e. The molecule has 0 unspecified atom stereocenters. The van der Waals surface area contributed by atoms with Gasteiger partial charge in [0, 0.05) is 29.8 Å². The van der Waals surface area contributed by atoms with Gasteiger partial charge < -0.3 is 14.7 Å². The Morgan fingerprint density at radius 1 is 1.35 bits per heavy atom. The highest BCUT2D eigenvalue weighted by Gasteiger charge is 2.25. The van der Waals surface area contributed by atoms with Crippen LogP contribution in [0.1, 0.15) is 53.7 Å². The maximum atomic E-state index is 10.2. The zero-order valence-electron chi connectivity index (χ0n) is 13.5. The predicted octanol–water partition coefficient (Wildman–Crippen LogP) is 1.87. The lowest BCUT2D eigenvalue weighted by Gasteiger charge is -2.20. The summed E-state index contributed by atoms with van der Waals surface area (Å²) in [5.41, 5.74) is 1.87. The monoisotopic (exact) mass is 318 g/mol. The fourth-order valence-corrected chi connectivity index (χ4v) is 2.72. The van der Waals surface area contributed by atoms with E-state index in [1.165, 1.54) is 6.42 Å². The van der Waals surface area contributed by atoms with Crippen LogP contribution in [0.5, 0.6) is 5.75 Å². The van der Waals surface area contributed by atoms with Crippen molar-refractivity contribution in [1.82, 2.24) is 20.0 Å². The average Bonchev–Trinajstić information content (AvgIpc) is 2.90. The Morgan fingerprint density at radius 3 is 2.78 bits per heavy atom. The van der Waals surface area contributed by atoms with Crippen LogP contribution in [-0.2, 0) is 19.7 Å². The fourth-order valence-electron chi connectivity index (χ4n) is 2.72. The number of aliphatic hydroxyl groups excluding tert-OH is 1. The Balaban J connectivity index is 1.68. The largest absolute Gasteiger partial charge is 0.506 e. The van der Waals surface area contributed by atoms with E-state index in [0.29, 0.717) is 41.7 Å². The molecule has 3 rings (SSSR count). The third-order valence-corrected chi connectivity index (χ3v) is 4.38. The standard InChI is InChI=1S/C16H22N4O3/c1-10-15(22)13(12(9-21)6-17-10)7-20(2)8-14-18-16(23-19-14)11-4-3-5-11/h6,11,21-22H,3-5,7-9H2,1-2H3. The Morgan fingerprint density at radius 2 is 2.13 bits per heavy atom. The van der Waals surface area contributed by atoms with Crippen LogP contribution in [0.25, 0.3) is 0 Å². The van der Waals surface area contributed by atoms with E-state index in [-0.39, 0.29) is 12.4 Å². The van der Waals surface area contributed by atoms with E-state index in [9.17, 15) is 10.2 Å². The van der Waals surface area contributed by atoms with Crippen LogP contribution in [0, 0.1) is 6.92 Å². The molecule has 1 aliphatic rings. The van der Waals surface area contributed by atoms with Crippen LogP contribution in [-0.4, -0.2) is 37.3 Å². The molecule has 23 heavy (non-hydrogen) atoms. The number of aromatic nitrogens is 3. The molecular weight excluding hydrogens is 296 g/mol. The van der Waals surface area contributed by atoms with E-state index in [1.807, 2.05) is 11.9 Å². The molecule has 7 heteroatoms. The molecule has 2 heterocycles. The Kier molecular flexibility index (Phi) is 4.58. The highest BCUT2D eigenvalue weighted by atomic mass is 16.5. The number of aromatic hydroxyl groups is 1. The Hall–Kier alpha value is -1.99. The van der Waals surface area contributed by atoms with E-state index in [1.54, 1.807) is 13.1 Å². The van der Waals surface area contributed by atoms with Crippen molar-refractivity contribution in [3.05, 3.63) is 34.7 Å². The minimum absolute atomic E-state index is 0.131. The SMILES string of the molecule is Cc1ncc(CO)c(CN(C)Cc2noc(C3CCC3)n2)c1O. The predicted molar refractivity (Wildman–Crippen MR) is 82.6 cm³/mol. The topological polar surface area (TPSA) is 95.5 Å². The van der Waals surface area contributed by atoms with Gasteiger partial charge in [-0.15, -0.1) is 0 Å². The van der Waals surface area contributed by atoms with Crippen molar-refractivity contribution < 1.29 is 14.7 Å². The third-order valence-electron chi connectivity index (χ3n) is 4.38. The van der Waals surface area contributed by atoms with Crippen LogP contribution < -0.4 is 0 Å². The molecule has 0 saturated heterocycles. The lowest BCUT2D eigenvalue weighted by atomic mass is 9.85. The van der Waals surface area contributed by atoms with Gasteiger partial charge in [0.15, 0.2) is 5.82 Å². The summed E-state index contributed by atoms with van der Waals surface area (Å²) >= 11 is 0. The van der Waals surface area contributed by atoms with Crippen LogP contribution in [0.2, 0.25) is 0 Å². The first kappa shape index (κ1) is 15.9. The molecule has 7 nitrogen and oxygen atoms in total. The second-order valence-corrected chi connectivity index (χ2v) is 6.20. The Labute approximate surface area is 135 Å². The Bertz CT molecular complexity index is 682. The van der Waals surface area contributed by atoms with E-state index < -0.39 is 0 Å². The van der Waals surface area contributed by atoms with Crippen molar-refractivity contribution in [3.63, 3.8) is 0 Å². The first-order valence-corrected chi connectivity index (χ1v) is 7.86. The number of hydrogen-bond acceptors (Lipinski definition) is 7. The van der Waals surface area contributed by atoms with Gasteiger partial charge in [0.2, 0.25) is 5.89 Å². The summed E-state index contributed by atoms with van der Waals surface area (Å²) < 4.78 is 5.32. The number of pyridine rings is 1. The van der Waals surface area contributed by atoms with E-state index >= 15 is 0 Å². The summed E-state index contributed by atoms with van der Waals surface area (Å²) in [6.07, 6.45) is 5.08. The minimum atomic E-state index is -0.155. The number of aryl methyl sites for hydroxylation is 1. The molecule has 0 radical (unpaired) electrons. The van der Waals surface area contributed by atoms with Crippen molar-refractivity contribution >= 4 is 0 Å². The maximum Gasteiger partial charge on any atom is 0.229 e. The molecule has 0 aliphatic heterocycles. The van der Waals surface area contributed by atoms with E-state index in [4.69, 9.17) is 4.52 Å². The van der Waals surface area contributed by atoms with Crippen molar-refractivity contribution in [2.45, 2.75) is 51.8 Å². The first-order valence-electron chi connectivity index (χ1n) is 7.86. The molecule has 2 aromatic rings. The zero-order valence-corrected chi connectivity index (χ0v) is 13.5. The molecule has 1 aliphatic carbocycles. The highest BCUT2D eigenvalue weighted by Crippen LogP contribution is 2.35. The second kappa shape index (κ2) is 6.64. The summed E-state index contributed by atoms with van der Waals surface area (Å²) in [6.45, 7) is 2.57. The normalized spacial score (nSPS) is 15.1. The maximum absolute atomic E-state index is 10.2. The number of rotatable bonds is 6. The summed E-state index contributed by atoms with van der Waals surface area (Å²) in [5.74, 6) is 1.93. The van der Waals surface area contributed by atoms with Crippen molar-refractivity contribution in [2.24, 2.45) is 0 Å². The molecule has 0 amide bonds. The van der Waals surface area contributed by atoms with Gasteiger partial charge in [0.1, 0.15) is 5.75 Å². The van der Waals surface area contributed by atoms with Gasteiger partial charge in [0.25, 0.3) is 0 Å². The third kappa shape index (κ3) is 3.35. The summed E-state index contributed by atoms with van der Waals surface area (Å²) in [5, 5.41) is 23.6. The number of nitrogens with zero attached hydrogens (tertiary/aromatic N) is 4. The molecule has 1 fully saturated rings. The van der Waals surface area contributed by atoms with Gasteiger partial charge in [-0.1, -0.05) is 11.6 Å². The van der Waals surface area contributed by atoms with E-state index in [0.717, 1.165) is 18.7 Å². The quantitative estimate of drug-likeness (QED) is 0.839. The average molecular weight is 318 g/mol. The minimum Gasteiger partial charge on any atom is -0.506 e. The van der Waals surface area contributed by atoms with Crippen LogP contribution >= 0.6 is 0 Å². The number of hydrogen-bond donors (Lipinski definition) is 2. The summed E-state index contributed by atoms with van der Waals surface area (Å²) in [6, 6.07) is 0. The molecule has 2 aromatic heterocycles. The van der Waals surface area contributed by atoms with Crippen molar-refractivity contribution in [2.75, 3.05) is 7.05 Å². The highest BCUT2D eigenvalue weighted by molar-refractivity contribution is 5.40. The molecule has 0 bridgehead atoms. The van der Waals surface area contributed by atoms with E-state index in [2.05, 4.69) is 15.1 Å². The van der Waals surface area contributed by atoms with Gasteiger partial charge in [-0.25, -0.2) is 0 Å². The molecule has 0 atom stereocenters. The van der Waals surface area contributed by atoms with Crippen LogP contribution in [0.15, 0.2) is 10.7 Å². The lowest BCUT2D eigenvalue weighted by Crippen LogP contribution is -2.19. The summed E-state index contributed by atoms with van der Waals surface area (Å²) in [4.78, 5) is 10.5. The van der Waals surface area contributed by atoms with Gasteiger partial charge in [-0.3, -0.25) is 9.88 Å². The van der Waals surface area contributed by atoms with Gasteiger partial charge >= 0.3 is 0 Å². The fraction of sp³-hybridized carbons (Fsp3) is 0.562. The molecule has 0 spiro atoms.